The van der Waals surface area contributed by atoms with Gasteiger partial charge in [-0.15, -0.1) is 11.3 Å². The molecular formula is C16H20O2S. The summed E-state index contributed by atoms with van der Waals surface area (Å²) in [5.74, 6) is 0.244. The fourth-order valence-corrected chi connectivity index (χ4v) is 4.78. The van der Waals surface area contributed by atoms with Crippen molar-refractivity contribution in [2.45, 2.75) is 58.8 Å². The smallest absolute Gasteiger partial charge is 0.178 e. The lowest BCUT2D eigenvalue weighted by atomic mass is 9.80. The van der Waals surface area contributed by atoms with Crippen molar-refractivity contribution >= 4 is 22.9 Å². The Labute approximate surface area is 118 Å². The molecule has 0 bridgehead atoms. The molecule has 0 amide bonds. The Hall–Kier alpha value is -0.960. The van der Waals surface area contributed by atoms with Gasteiger partial charge in [0.25, 0.3) is 0 Å². The first kappa shape index (κ1) is 13.0. The average Bonchev–Trinajstić information content (AvgIpc) is 2.95. The number of ketones is 2. The van der Waals surface area contributed by atoms with Crippen molar-refractivity contribution < 1.29 is 9.59 Å². The Morgan fingerprint density at radius 3 is 2.05 bits per heavy atom. The van der Waals surface area contributed by atoms with Crippen molar-refractivity contribution in [2.24, 2.45) is 5.41 Å². The van der Waals surface area contributed by atoms with Crippen LogP contribution in [-0.2, 0) is 5.41 Å². The minimum absolute atomic E-state index is 0.0664. The van der Waals surface area contributed by atoms with E-state index in [1.165, 1.54) is 0 Å². The highest BCUT2D eigenvalue weighted by molar-refractivity contribution is 7.13. The zero-order valence-electron chi connectivity index (χ0n) is 12.1. The molecule has 3 heteroatoms. The maximum absolute atomic E-state index is 12.9. The standard InChI is InChI=1S/C16H20O2S/c1-9-10-11(14(19-9)15(2,3)4)13(18)16(12(10)17)7-5-6-8-16/h5-8H2,1-4H3. The largest absolute Gasteiger partial charge is 0.293 e. The lowest BCUT2D eigenvalue weighted by Crippen LogP contribution is -2.30. The molecule has 0 saturated heterocycles. The molecule has 0 atom stereocenters. The lowest BCUT2D eigenvalue weighted by molar-refractivity contribution is 0.0705. The van der Waals surface area contributed by atoms with Gasteiger partial charge in [0.2, 0.25) is 0 Å². The van der Waals surface area contributed by atoms with Crippen LogP contribution in [0.4, 0.5) is 0 Å². The van der Waals surface area contributed by atoms with E-state index in [0.29, 0.717) is 0 Å². The van der Waals surface area contributed by atoms with Crippen LogP contribution in [-0.4, -0.2) is 11.6 Å². The molecule has 2 nitrogen and oxygen atoms in total. The van der Waals surface area contributed by atoms with E-state index in [0.717, 1.165) is 46.6 Å². The number of aryl methyl sites for hydroxylation is 1. The van der Waals surface area contributed by atoms with Crippen LogP contribution >= 0.6 is 11.3 Å². The van der Waals surface area contributed by atoms with Crippen molar-refractivity contribution in [3.63, 3.8) is 0 Å². The number of carbonyl (C=O) groups excluding carboxylic acids is 2. The molecule has 19 heavy (non-hydrogen) atoms. The highest BCUT2D eigenvalue weighted by Crippen LogP contribution is 2.53. The van der Waals surface area contributed by atoms with E-state index in [1.54, 1.807) is 11.3 Å². The van der Waals surface area contributed by atoms with Gasteiger partial charge in [-0.25, -0.2) is 0 Å². The molecule has 102 valence electrons. The molecule has 0 unspecified atom stereocenters. The Balaban J connectivity index is 2.24. The summed E-state index contributed by atoms with van der Waals surface area (Å²) in [6, 6.07) is 0. The van der Waals surface area contributed by atoms with Crippen molar-refractivity contribution in [1.29, 1.82) is 0 Å². The summed E-state index contributed by atoms with van der Waals surface area (Å²) in [6.07, 6.45) is 3.53. The number of hydrogen-bond acceptors (Lipinski definition) is 3. The van der Waals surface area contributed by atoms with Gasteiger partial charge < -0.3 is 0 Å². The quantitative estimate of drug-likeness (QED) is 0.662. The average molecular weight is 276 g/mol. The van der Waals surface area contributed by atoms with Gasteiger partial charge in [0.1, 0.15) is 0 Å². The van der Waals surface area contributed by atoms with Crippen molar-refractivity contribution in [1.82, 2.24) is 0 Å². The van der Waals surface area contributed by atoms with Crippen molar-refractivity contribution in [3.05, 3.63) is 20.9 Å². The number of thiophene rings is 1. The maximum Gasteiger partial charge on any atom is 0.178 e. The van der Waals surface area contributed by atoms with Crippen LogP contribution in [0.15, 0.2) is 0 Å². The summed E-state index contributed by atoms with van der Waals surface area (Å²) >= 11 is 1.63. The molecule has 0 aromatic carbocycles. The van der Waals surface area contributed by atoms with Crippen LogP contribution in [0.3, 0.4) is 0 Å². The highest BCUT2D eigenvalue weighted by atomic mass is 32.1. The summed E-state index contributed by atoms with van der Waals surface area (Å²) in [5.41, 5.74) is 0.774. The van der Waals surface area contributed by atoms with Crippen LogP contribution < -0.4 is 0 Å². The summed E-state index contributed by atoms with van der Waals surface area (Å²) in [4.78, 5) is 27.8. The van der Waals surface area contributed by atoms with Gasteiger partial charge in [0.15, 0.2) is 11.6 Å². The van der Waals surface area contributed by atoms with E-state index < -0.39 is 5.41 Å². The van der Waals surface area contributed by atoms with Crippen LogP contribution in [0.25, 0.3) is 0 Å². The third-order valence-electron chi connectivity index (χ3n) is 4.55. The topological polar surface area (TPSA) is 34.1 Å². The lowest BCUT2D eigenvalue weighted by Gasteiger charge is -2.22. The predicted octanol–water partition coefficient (Wildman–Crippen LogP) is 4.29. The summed E-state index contributed by atoms with van der Waals surface area (Å²) in [7, 11) is 0. The summed E-state index contributed by atoms with van der Waals surface area (Å²) < 4.78 is 0. The molecule has 1 aromatic heterocycles. The third kappa shape index (κ3) is 1.54. The van der Waals surface area contributed by atoms with Crippen LogP contribution in [0.1, 0.15) is 76.9 Å². The van der Waals surface area contributed by atoms with Gasteiger partial charge in [0.05, 0.1) is 5.41 Å². The van der Waals surface area contributed by atoms with Gasteiger partial charge in [-0.05, 0) is 25.2 Å². The van der Waals surface area contributed by atoms with Crippen LogP contribution in [0.5, 0.6) is 0 Å². The molecule has 3 rings (SSSR count). The van der Waals surface area contributed by atoms with E-state index in [4.69, 9.17) is 0 Å². The summed E-state index contributed by atoms with van der Waals surface area (Å²) in [6.45, 7) is 8.35. The van der Waals surface area contributed by atoms with Gasteiger partial charge in [0, 0.05) is 20.9 Å². The van der Waals surface area contributed by atoms with E-state index in [-0.39, 0.29) is 17.0 Å². The Kier molecular flexibility index (Phi) is 2.60. The summed E-state index contributed by atoms with van der Waals surface area (Å²) in [5, 5.41) is 0. The number of rotatable bonds is 0. The van der Waals surface area contributed by atoms with Crippen molar-refractivity contribution in [3.8, 4) is 0 Å². The second-order valence-electron chi connectivity index (χ2n) is 6.93. The molecule has 1 spiro atoms. The number of carbonyl (C=O) groups is 2. The molecule has 0 radical (unpaired) electrons. The minimum atomic E-state index is -0.677. The number of Topliss-reactive ketones (excluding diaryl/α,β-unsaturated/α-hetero) is 2. The van der Waals surface area contributed by atoms with E-state index >= 15 is 0 Å². The first-order valence-electron chi connectivity index (χ1n) is 7.02. The Morgan fingerprint density at radius 2 is 1.53 bits per heavy atom. The molecule has 1 fully saturated rings. The molecule has 1 aromatic rings. The first-order valence-corrected chi connectivity index (χ1v) is 7.84. The van der Waals surface area contributed by atoms with Gasteiger partial charge in [-0.2, -0.15) is 0 Å². The second kappa shape index (κ2) is 3.78. The Morgan fingerprint density at radius 1 is 1.00 bits per heavy atom. The molecule has 2 aliphatic carbocycles. The third-order valence-corrected chi connectivity index (χ3v) is 6.08. The molecule has 0 aliphatic heterocycles. The first-order chi connectivity index (χ1) is 8.79. The number of fused-ring (bicyclic) bond motifs is 1. The second-order valence-corrected chi connectivity index (χ2v) is 8.16. The monoisotopic (exact) mass is 276 g/mol. The van der Waals surface area contributed by atoms with E-state index in [1.807, 2.05) is 6.92 Å². The molecule has 1 saturated carbocycles. The highest BCUT2D eigenvalue weighted by Gasteiger charge is 2.56. The fraction of sp³-hybridized carbons (Fsp3) is 0.625. The Bertz CT molecular complexity index is 581. The predicted molar refractivity (Wildman–Crippen MR) is 77.3 cm³/mol. The van der Waals surface area contributed by atoms with Crippen LogP contribution in [0, 0.1) is 12.3 Å². The molecular weight excluding hydrogens is 256 g/mol. The SMILES string of the molecule is Cc1sc(C(C)(C)C)c2c1C(=O)C1(CCCC1)C2=O. The van der Waals surface area contributed by atoms with E-state index in [2.05, 4.69) is 20.8 Å². The zero-order valence-corrected chi connectivity index (χ0v) is 12.9. The van der Waals surface area contributed by atoms with Crippen molar-refractivity contribution in [2.75, 3.05) is 0 Å². The molecule has 1 heterocycles. The van der Waals surface area contributed by atoms with Gasteiger partial charge >= 0.3 is 0 Å². The molecule has 0 N–H and O–H groups in total. The van der Waals surface area contributed by atoms with E-state index in [9.17, 15) is 9.59 Å². The molecule has 2 aliphatic rings. The minimum Gasteiger partial charge on any atom is -0.293 e. The van der Waals surface area contributed by atoms with Crippen LogP contribution in [0.2, 0.25) is 0 Å². The maximum atomic E-state index is 12.9. The normalized spacial score (nSPS) is 21.5. The fourth-order valence-electron chi connectivity index (χ4n) is 3.58. The van der Waals surface area contributed by atoms with Gasteiger partial charge in [-0.1, -0.05) is 33.6 Å². The zero-order chi connectivity index (χ0) is 14.0. The number of hydrogen-bond donors (Lipinski definition) is 0. The van der Waals surface area contributed by atoms with Gasteiger partial charge in [-0.3, -0.25) is 9.59 Å².